The largest absolute Gasteiger partial charge is 0.379 e. The fourth-order valence-electron chi connectivity index (χ4n) is 5.52. The van der Waals surface area contributed by atoms with E-state index in [9.17, 15) is 9.59 Å². The number of ether oxygens (including phenoxy) is 2. The minimum atomic E-state index is -1.04. The van der Waals surface area contributed by atoms with Gasteiger partial charge < -0.3 is 9.47 Å². The summed E-state index contributed by atoms with van der Waals surface area (Å²) < 4.78 is 10.8. The van der Waals surface area contributed by atoms with E-state index in [1.54, 1.807) is 20.3 Å². The van der Waals surface area contributed by atoms with Gasteiger partial charge in [0.1, 0.15) is 0 Å². The molecule has 2 aliphatic rings. The number of carbonyl (C=O) groups is 2. The van der Waals surface area contributed by atoms with Gasteiger partial charge >= 0.3 is 0 Å². The van der Waals surface area contributed by atoms with Crippen molar-refractivity contribution in [3.05, 3.63) is 68.7 Å². The van der Waals surface area contributed by atoms with Crippen LogP contribution in [0, 0.1) is 5.92 Å². The standard InChI is InChI=1S/C23H22Cl3NO3.C5H12O/c1-13-21-20(14-3-5-15(24)6-4-14)18(17-8-7-16(25)11-19(17)26)9-10-23(21,30-2)22(29)27(13)12-28;1-5(2,3)6-4/h3-8,11-13,18,20-21H,9-10H2,1-2H3;1-4H3. The summed E-state index contributed by atoms with van der Waals surface area (Å²) in [7, 11) is 3.26. The number of amides is 2. The summed E-state index contributed by atoms with van der Waals surface area (Å²) in [5.74, 6) is -0.561. The van der Waals surface area contributed by atoms with E-state index in [0.717, 1.165) is 11.1 Å². The molecule has 8 heteroatoms. The summed E-state index contributed by atoms with van der Waals surface area (Å²) >= 11 is 18.9. The number of likely N-dealkylation sites (tertiary alicyclic amines) is 1. The van der Waals surface area contributed by atoms with Crippen molar-refractivity contribution in [2.24, 2.45) is 5.92 Å². The van der Waals surface area contributed by atoms with Crippen LogP contribution < -0.4 is 0 Å². The van der Waals surface area contributed by atoms with Crippen molar-refractivity contribution in [2.75, 3.05) is 14.2 Å². The van der Waals surface area contributed by atoms with Crippen LogP contribution in [0.2, 0.25) is 15.1 Å². The van der Waals surface area contributed by atoms with Crippen LogP contribution in [-0.2, 0) is 19.1 Å². The molecule has 1 heterocycles. The van der Waals surface area contributed by atoms with Crippen molar-refractivity contribution in [3.8, 4) is 0 Å². The second-order valence-corrected chi connectivity index (χ2v) is 11.7. The van der Waals surface area contributed by atoms with E-state index in [1.807, 2.05) is 64.1 Å². The minimum absolute atomic E-state index is 0.0334. The van der Waals surface area contributed by atoms with Gasteiger partial charge in [0, 0.05) is 41.2 Å². The smallest absolute Gasteiger partial charge is 0.261 e. The molecule has 0 radical (unpaired) electrons. The fraction of sp³-hybridized carbons (Fsp3) is 0.500. The molecule has 1 saturated carbocycles. The fourth-order valence-corrected chi connectivity index (χ4v) is 6.19. The first kappa shape index (κ1) is 28.9. The van der Waals surface area contributed by atoms with Crippen LogP contribution in [0.3, 0.4) is 0 Å². The summed E-state index contributed by atoms with van der Waals surface area (Å²) in [4.78, 5) is 26.3. The molecule has 5 nitrogen and oxygen atoms in total. The third-order valence-corrected chi connectivity index (χ3v) is 8.26. The second kappa shape index (κ2) is 11.4. The molecule has 1 aliphatic heterocycles. The molecule has 2 aromatic rings. The van der Waals surface area contributed by atoms with Crippen LogP contribution >= 0.6 is 34.8 Å². The van der Waals surface area contributed by atoms with Gasteiger partial charge in [0.15, 0.2) is 5.60 Å². The number of hydrogen-bond donors (Lipinski definition) is 0. The Morgan fingerprint density at radius 1 is 1.03 bits per heavy atom. The van der Waals surface area contributed by atoms with Crippen molar-refractivity contribution < 1.29 is 19.1 Å². The minimum Gasteiger partial charge on any atom is -0.379 e. The van der Waals surface area contributed by atoms with Gasteiger partial charge in [-0.05, 0) is 87.8 Å². The number of nitrogens with zero attached hydrogens (tertiary/aromatic N) is 1. The molecule has 1 saturated heterocycles. The number of imide groups is 1. The van der Waals surface area contributed by atoms with Crippen LogP contribution in [0.5, 0.6) is 0 Å². The number of methoxy groups -OCH3 is 2. The van der Waals surface area contributed by atoms with E-state index in [0.29, 0.717) is 34.3 Å². The first-order valence-corrected chi connectivity index (χ1v) is 13.1. The molecule has 36 heavy (non-hydrogen) atoms. The highest BCUT2D eigenvalue weighted by atomic mass is 35.5. The van der Waals surface area contributed by atoms with E-state index in [-0.39, 0.29) is 35.3 Å². The lowest BCUT2D eigenvalue weighted by Gasteiger charge is -2.46. The first-order valence-electron chi connectivity index (χ1n) is 12.0. The predicted octanol–water partition coefficient (Wildman–Crippen LogP) is 7.13. The Kier molecular flexibility index (Phi) is 9.17. The Morgan fingerprint density at radius 3 is 2.11 bits per heavy atom. The number of rotatable bonds is 4. The number of fused-ring (bicyclic) bond motifs is 1. The average Bonchev–Trinajstić information content (AvgIpc) is 3.05. The molecule has 0 aromatic heterocycles. The summed E-state index contributed by atoms with van der Waals surface area (Å²) in [5.41, 5.74) is 1.02. The Bertz CT molecular complexity index is 1090. The molecule has 1 aliphatic carbocycles. The zero-order chi connectivity index (χ0) is 26.8. The molecule has 0 bridgehead atoms. The van der Waals surface area contributed by atoms with Crippen LogP contribution in [0.15, 0.2) is 42.5 Å². The molecule has 5 unspecified atom stereocenters. The van der Waals surface area contributed by atoms with Gasteiger partial charge in [-0.15, -0.1) is 0 Å². The normalized spacial score (nSPS) is 27.8. The highest BCUT2D eigenvalue weighted by Gasteiger charge is 2.64. The highest BCUT2D eigenvalue weighted by molar-refractivity contribution is 6.35. The van der Waals surface area contributed by atoms with E-state index in [1.165, 1.54) is 4.90 Å². The maximum atomic E-state index is 13.2. The van der Waals surface area contributed by atoms with E-state index >= 15 is 0 Å². The third kappa shape index (κ3) is 5.61. The number of hydrogen-bond acceptors (Lipinski definition) is 4. The van der Waals surface area contributed by atoms with Crippen LogP contribution in [-0.4, -0.2) is 48.7 Å². The summed E-state index contributed by atoms with van der Waals surface area (Å²) in [6.07, 6.45) is 1.81. The Balaban J connectivity index is 0.000000538. The molecule has 0 N–H and O–H groups in total. The lowest BCUT2D eigenvalue weighted by atomic mass is 9.59. The van der Waals surface area contributed by atoms with Crippen molar-refractivity contribution in [3.63, 3.8) is 0 Å². The Hall–Kier alpha value is -1.63. The Morgan fingerprint density at radius 2 is 1.61 bits per heavy atom. The predicted molar refractivity (Wildman–Crippen MR) is 145 cm³/mol. The van der Waals surface area contributed by atoms with Crippen molar-refractivity contribution in [2.45, 2.75) is 69.6 Å². The molecule has 2 fully saturated rings. The van der Waals surface area contributed by atoms with Crippen LogP contribution in [0.4, 0.5) is 0 Å². The van der Waals surface area contributed by atoms with Gasteiger partial charge in [0.2, 0.25) is 6.41 Å². The number of carbonyl (C=O) groups excluding carboxylic acids is 2. The average molecular weight is 555 g/mol. The van der Waals surface area contributed by atoms with Crippen molar-refractivity contribution in [1.82, 2.24) is 4.90 Å². The molecule has 2 aromatic carbocycles. The topological polar surface area (TPSA) is 55.8 Å². The Labute approximate surface area is 229 Å². The van der Waals surface area contributed by atoms with E-state index < -0.39 is 5.60 Å². The van der Waals surface area contributed by atoms with Crippen LogP contribution in [0.25, 0.3) is 0 Å². The van der Waals surface area contributed by atoms with Crippen molar-refractivity contribution >= 4 is 47.1 Å². The van der Waals surface area contributed by atoms with Gasteiger partial charge in [0.25, 0.3) is 5.91 Å². The lowest BCUT2D eigenvalue weighted by molar-refractivity contribution is -0.155. The quantitative estimate of drug-likeness (QED) is 0.377. The lowest BCUT2D eigenvalue weighted by Crippen LogP contribution is -2.51. The molecule has 2 amide bonds. The van der Waals surface area contributed by atoms with Gasteiger partial charge in [-0.25, -0.2) is 0 Å². The monoisotopic (exact) mass is 553 g/mol. The molecule has 4 rings (SSSR count). The highest BCUT2D eigenvalue weighted by Crippen LogP contribution is 2.58. The molecule has 0 spiro atoms. The van der Waals surface area contributed by atoms with Gasteiger partial charge in [-0.1, -0.05) is 53.0 Å². The van der Waals surface area contributed by atoms with Gasteiger partial charge in [-0.3, -0.25) is 14.5 Å². The van der Waals surface area contributed by atoms with Crippen molar-refractivity contribution in [1.29, 1.82) is 0 Å². The number of halogens is 3. The zero-order valence-corrected chi connectivity index (χ0v) is 23.8. The molecular weight excluding hydrogens is 521 g/mol. The first-order chi connectivity index (χ1) is 16.9. The third-order valence-electron chi connectivity index (χ3n) is 7.45. The molecule has 196 valence electrons. The molecular formula is C28H34Cl3NO4. The van der Waals surface area contributed by atoms with Crippen LogP contribution in [0.1, 0.15) is 63.5 Å². The molecule has 5 atom stereocenters. The van der Waals surface area contributed by atoms with E-state index in [4.69, 9.17) is 44.3 Å². The SMILES string of the molecule is COC(C)(C)C.COC12CCC(c3ccc(Cl)cc3Cl)C(c3ccc(Cl)cc3)C1C(C)N(C=O)C2=O. The maximum Gasteiger partial charge on any atom is 0.261 e. The maximum absolute atomic E-state index is 13.2. The zero-order valence-electron chi connectivity index (χ0n) is 21.6. The van der Waals surface area contributed by atoms with E-state index in [2.05, 4.69) is 0 Å². The summed E-state index contributed by atoms with van der Waals surface area (Å²) in [6, 6.07) is 12.9. The van der Waals surface area contributed by atoms with Gasteiger partial charge in [0.05, 0.1) is 5.60 Å². The van der Waals surface area contributed by atoms with Gasteiger partial charge in [-0.2, -0.15) is 0 Å². The summed E-state index contributed by atoms with van der Waals surface area (Å²) in [6.45, 7) is 7.97. The summed E-state index contributed by atoms with van der Waals surface area (Å²) in [5, 5.41) is 1.81. The second-order valence-electron chi connectivity index (χ2n) is 10.4. The number of benzene rings is 2.